The van der Waals surface area contributed by atoms with Gasteiger partial charge in [0.1, 0.15) is 0 Å². The third-order valence-electron chi connectivity index (χ3n) is 21.1. The zero-order chi connectivity index (χ0) is 54.6. The van der Waals surface area contributed by atoms with Crippen LogP contribution in [-0.4, -0.2) is 103 Å². The number of aliphatic hydroxyl groups is 4. The lowest BCUT2D eigenvalue weighted by molar-refractivity contribution is -0.291. The Labute approximate surface area is 439 Å². The van der Waals surface area contributed by atoms with Crippen LogP contribution in [0.3, 0.4) is 0 Å². The fourth-order valence-electron chi connectivity index (χ4n) is 15.4. The van der Waals surface area contributed by atoms with Crippen molar-refractivity contribution in [3.05, 3.63) is 48.1 Å². The van der Waals surface area contributed by atoms with Gasteiger partial charge in [-0.3, -0.25) is 0 Å². The first-order valence-electron chi connectivity index (χ1n) is 28.5. The van der Waals surface area contributed by atoms with Gasteiger partial charge >= 0.3 is 0 Å². The van der Waals surface area contributed by atoms with Crippen LogP contribution >= 0.6 is 0 Å². The summed E-state index contributed by atoms with van der Waals surface area (Å²) in [5.74, 6) is 1.13. The van der Waals surface area contributed by atoms with Gasteiger partial charge in [0.25, 0.3) is 0 Å². The van der Waals surface area contributed by atoms with E-state index < -0.39 is 22.4 Å². The molecule has 0 radical (unpaired) electrons. The number of hydrogen-bond acceptors (Lipinski definition) is 9. The molecule has 414 valence electrons. The van der Waals surface area contributed by atoms with Crippen LogP contribution in [0.5, 0.6) is 0 Å². The molecule has 6 fully saturated rings. The SMILES string of the molecule is CC(C)(C)C1(O)C[C@H]2C=C[C@@H](C1)O2.CC(C)(C)C1=C[C@H]2C=C[C@@H](C1)O2.C[C@@H]1C(O)(C(C)(C)C)[C@H](C)[C@]2(C)CC[C@@]1(C)O2.C[C@@H]1[C@@H]2C=C[C@@H](O2)[C@H](C)C1(O)C(C)(C)C.C[C@@H]1[C@@H]2CC[C@@H](O2)[C@H](C)C1(O)C(C)(C)C. The molecule has 0 aromatic carbocycles. The zero-order valence-corrected chi connectivity index (χ0v) is 49.9. The van der Waals surface area contributed by atoms with Crippen molar-refractivity contribution >= 4 is 0 Å². The van der Waals surface area contributed by atoms with Gasteiger partial charge in [0, 0.05) is 48.3 Å². The van der Waals surface area contributed by atoms with Crippen LogP contribution in [0.4, 0.5) is 0 Å². The average Bonchev–Trinajstić information content (AvgIpc) is 4.10. The molecular formula is C63H108O9. The first kappa shape index (κ1) is 59.8. The summed E-state index contributed by atoms with van der Waals surface area (Å²) < 4.78 is 29.4. The molecule has 0 aromatic heterocycles. The Morgan fingerprint density at radius 1 is 0.458 bits per heavy atom. The summed E-state index contributed by atoms with van der Waals surface area (Å²) in [6, 6.07) is 0. The number of hydrogen-bond donors (Lipinski definition) is 4. The maximum atomic E-state index is 11.4. The highest BCUT2D eigenvalue weighted by Gasteiger charge is 2.68. The summed E-state index contributed by atoms with van der Waals surface area (Å²) >= 11 is 0. The topological polar surface area (TPSA) is 127 Å². The molecule has 20 atom stereocenters. The Bertz CT molecular complexity index is 1930. The van der Waals surface area contributed by atoms with Crippen LogP contribution in [0, 0.1) is 62.6 Å². The molecular weight excluding hydrogens is 901 g/mol. The van der Waals surface area contributed by atoms with Gasteiger partial charge in [0.2, 0.25) is 0 Å². The fourth-order valence-corrected chi connectivity index (χ4v) is 15.4. The van der Waals surface area contributed by atoms with Crippen molar-refractivity contribution in [3.63, 3.8) is 0 Å². The minimum absolute atomic E-state index is 0.0562. The second kappa shape index (κ2) is 19.8. The van der Waals surface area contributed by atoms with Gasteiger partial charge in [-0.1, -0.05) is 194 Å². The third kappa shape index (κ3) is 10.6. The monoisotopic (exact) mass is 1010 g/mol. The fraction of sp³-hybridized carbons (Fsp3) is 0.873. The average molecular weight is 1010 g/mol. The smallest absolute Gasteiger partial charge is 0.0949 e. The molecule has 0 amide bonds. The normalized spacial score (nSPS) is 47.5. The summed E-state index contributed by atoms with van der Waals surface area (Å²) in [6.07, 6.45) is 23.5. The van der Waals surface area contributed by atoms with Gasteiger partial charge in [-0.15, -0.1) is 0 Å². The lowest BCUT2D eigenvalue weighted by Gasteiger charge is -2.60. The van der Waals surface area contributed by atoms with E-state index in [0.29, 0.717) is 11.5 Å². The summed E-state index contributed by atoms with van der Waals surface area (Å²) in [4.78, 5) is 0. The molecule has 10 heterocycles. The van der Waals surface area contributed by atoms with Crippen LogP contribution in [0.1, 0.15) is 204 Å². The van der Waals surface area contributed by atoms with E-state index in [4.69, 9.17) is 23.7 Å². The highest BCUT2D eigenvalue weighted by Crippen LogP contribution is 2.62. The van der Waals surface area contributed by atoms with Crippen molar-refractivity contribution in [1.82, 2.24) is 0 Å². The van der Waals surface area contributed by atoms with Crippen LogP contribution in [0.15, 0.2) is 48.1 Å². The van der Waals surface area contributed by atoms with Crippen molar-refractivity contribution in [2.45, 2.75) is 287 Å². The maximum Gasteiger partial charge on any atom is 0.0949 e. The molecule has 72 heavy (non-hydrogen) atoms. The lowest BCUT2D eigenvalue weighted by atomic mass is 9.56. The van der Waals surface area contributed by atoms with E-state index in [0.717, 1.165) is 44.9 Å². The van der Waals surface area contributed by atoms with Gasteiger partial charge in [0.05, 0.1) is 82.4 Å². The standard InChI is InChI=1S/C15H28O2.C13H24O2.C13H22O2.C11H18O2.C11H16O/c1-10-13(6)8-9-14(7,17-13)11(2)15(10,16)12(3,4)5;2*1-8-10-6-7-11(15-10)9(2)13(8,14)12(3,4)5;1-10(2,3)11(12)6-8-4-5-9(7-11)13-8;1-11(2,3)8-6-9-4-5-10(7-8)12-9/h10-11,16H,8-9H2,1-7H3;8-11,14H,6-7H2,1-5H3;6-11,14H,1-5H3;4-5,8-9,12H,6-7H2,1-3H3;4-6,9-10H,7H2,1-3H3/t10-,11+,13+,14-,15?;2*8-,9+,10+,11-,13?;8-,9+,11?;9-,10+/m....1/s1. The second-order valence-electron chi connectivity index (χ2n) is 30.2. The molecule has 9 heteroatoms. The Balaban J connectivity index is 0.000000148. The molecule has 10 bridgehead atoms. The second-order valence-corrected chi connectivity index (χ2v) is 30.2. The number of rotatable bonds is 0. The van der Waals surface area contributed by atoms with Crippen molar-refractivity contribution in [2.24, 2.45) is 62.6 Å². The van der Waals surface area contributed by atoms with Gasteiger partial charge < -0.3 is 44.1 Å². The quantitative estimate of drug-likeness (QED) is 0.175. The Morgan fingerprint density at radius 2 is 0.861 bits per heavy atom. The van der Waals surface area contributed by atoms with Crippen LogP contribution in [0.25, 0.3) is 0 Å². The van der Waals surface area contributed by atoms with E-state index in [2.05, 4.69) is 202 Å². The van der Waals surface area contributed by atoms with E-state index in [1.54, 1.807) is 0 Å². The largest absolute Gasteiger partial charge is 0.389 e. The Morgan fingerprint density at radius 3 is 1.24 bits per heavy atom. The summed E-state index contributed by atoms with van der Waals surface area (Å²) in [6.45, 7) is 49.5. The van der Waals surface area contributed by atoms with Crippen molar-refractivity contribution in [2.75, 3.05) is 0 Å². The molecule has 9 nitrogen and oxygen atoms in total. The van der Waals surface area contributed by atoms with Crippen molar-refractivity contribution in [3.8, 4) is 0 Å². The van der Waals surface area contributed by atoms with Gasteiger partial charge in [-0.25, -0.2) is 0 Å². The first-order valence-corrected chi connectivity index (χ1v) is 28.5. The molecule has 10 aliphatic rings. The predicted octanol–water partition coefficient (Wildman–Crippen LogP) is 12.9. The van der Waals surface area contributed by atoms with E-state index in [9.17, 15) is 20.4 Å². The van der Waals surface area contributed by atoms with E-state index >= 15 is 0 Å². The van der Waals surface area contributed by atoms with E-state index in [1.165, 1.54) is 5.57 Å². The lowest BCUT2D eigenvalue weighted by Crippen LogP contribution is -2.67. The minimum atomic E-state index is -0.661. The van der Waals surface area contributed by atoms with Crippen LogP contribution < -0.4 is 0 Å². The molecule has 0 spiro atoms. The van der Waals surface area contributed by atoms with Crippen molar-refractivity contribution < 1.29 is 44.1 Å². The number of ether oxygens (including phenoxy) is 5. The third-order valence-corrected chi connectivity index (χ3v) is 21.1. The van der Waals surface area contributed by atoms with Gasteiger partial charge in [-0.2, -0.15) is 0 Å². The predicted molar refractivity (Wildman–Crippen MR) is 292 cm³/mol. The molecule has 10 aliphatic heterocycles. The van der Waals surface area contributed by atoms with Crippen molar-refractivity contribution in [1.29, 1.82) is 0 Å². The molecule has 10 rings (SSSR count). The molecule has 4 unspecified atom stereocenters. The first-order chi connectivity index (χ1) is 32.5. The minimum Gasteiger partial charge on any atom is -0.389 e. The molecule has 0 aromatic rings. The molecule has 6 saturated heterocycles. The Kier molecular flexibility index (Phi) is 16.5. The Hall–Kier alpha value is -1.40. The number of fused-ring (bicyclic) bond motifs is 10. The zero-order valence-electron chi connectivity index (χ0n) is 49.9. The molecule has 4 N–H and O–H groups in total. The molecule has 0 aliphatic carbocycles. The van der Waals surface area contributed by atoms with Gasteiger partial charge in [-0.05, 0) is 73.0 Å². The summed E-state index contributed by atoms with van der Waals surface area (Å²) in [5.41, 5.74) is -1.31. The van der Waals surface area contributed by atoms with Crippen LogP contribution in [-0.2, 0) is 23.7 Å². The summed E-state index contributed by atoms with van der Waals surface area (Å²) in [7, 11) is 0. The highest BCUT2D eigenvalue weighted by atomic mass is 16.5. The van der Waals surface area contributed by atoms with Gasteiger partial charge in [0.15, 0.2) is 0 Å². The molecule has 0 saturated carbocycles. The summed E-state index contributed by atoms with van der Waals surface area (Å²) in [5, 5.41) is 43.9. The van der Waals surface area contributed by atoms with E-state index in [1.807, 2.05) is 0 Å². The maximum absolute atomic E-state index is 11.4. The highest BCUT2D eigenvalue weighted by molar-refractivity contribution is 5.26. The van der Waals surface area contributed by atoms with E-state index in [-0.39, 0.29) is 111 Å². The van der Waals surface area contributed by atoms with Crippen LogP contribution in [0.2, 0.25) is 0 Å².